The van der Waals surface area contributed by atoms with E-state index in [0.29, 0.717) is 17.9 Å². The maximum atomic E-state index is 11.3. The number of aryl methyl sites for hydroxylation is 1. The van der Waals surface area contributed by atoms with Crippen molar-refractivity contribution in [2.45, 2.75) is 25.3 Å². The molecule has 0 saturated heterocycles. The highest BCUT2D eigenvalue weighted by molar-refractivity contribution is 5.73. The van der Waals surface area contributed by atoms with Crippen LogP contribution in [0.15, 0.2) is 24.4 Å². The highest BCUT2D eigenvalue weighted by Crippen LogP contribution is 2.29. The maximum absolute atomic E-state index is 11.3. The summed E-state index contributed by atoms with van der Waals surface area (Å²) in [6.45, 7) is 0. The summed E-state index contributed by atoms with van der Waals surface area (Å²) in [5, 5.41) is 17.4. The zero-order valence-corrected chi connectivity index (χ0v) is 9.65. The van der Waals surface area contributed by atoms with E-state index in [1.807, 2.05) is 18.2 Å². The molecule has 0 aromatic carbocycles. The molecule has 2 aromatic rings. The molecule has 0 radical (unpaired) electrons. The third kappa shape index (κ3) is 1.66. The third-order valence-electron chi connectivity index (χ3n) is 3.14. The Morgan fingerprint density at radius 1 is 1.39 bits per heavy atom. The molecule has 0 saturated carbocycles. The van der Waals surface area contributed by atoms with Gasteiger partial charge in [-0.25, -0.2) is 4.79 Å². The van der Waals surface area contributed by atoms with Gasteiger partial charge in [-0.3, -0.25) is 9.55 Å². The molecule has 3 heterocycles. The fraction of sp³-hybridized carbons (Fsp3) is 0.333. The van der Waals surface area contributed by atoms with Gasteiger partial charge in [0.2, 0.25) is 0 Å². The van der Waals surface area contributed by atoms with Crippen molar-refractivity contribution < 1.29 is 9.90 Å². The first-order chi connectivity index (χ1) is 8.77. The Labute approximate surface area is 103 Å². The van der Waals surface area contributed by atoms with Gasteiger partial charge in [0.15, 0.2) is 5.82 Å². The first-order valence-electron chi connectivity index (χ1n) is 5.85. The first kappa shape index (κ1) is 10.9. The number of carboxylic acids is 1. The van der Waals surface area contributed by atoms with Crippen molar-refractivity contribution in [3.8, 4) is 11.5 Å². The number of hydrogen-bond acceptors (Lipinski definition) is 4. The average molecular weight is 244 g/mol. The van der Waals surface area contributed by atoms with Crippen LogP contribution in [0.2, 0.25) is 0 Å². The standard InChI is InChI=1S/C12H12N4O2/c17-12(18)9-5-3-6-10-14-15-11(16(9)10)8-4-1-2-7-13-8/h1-2,4,7,9H,3,5-6H2,(H,17,18). The van der Waals surface area contributed by atoms with E-state index in [4.69, 9.17) is 0 Å². The molecule has 1 N–H and O–H groups in total. The van der Waals surface area contributed by atoms with Crippen molar-refractivity contribution in [2.24, 2.45) is 0 Å². The van der Waals surface area contributed by atoms with E-state index in [0.717, 1.165) is 18.7 Å². The number of carbonyl (C=O) groups is 1. The second-order valence-corrected chi connectivity index (χ2v) is 4.27. The van der Waals surface area contributed by atoms with Crippen molar-refractivity contribution in [1.29, 1.82) is 0 Å². The SMILES string of the molecule is O=C(O)C1CCCc2nnc(-c3ccccn3)n21. The van der Waals surface area contributed by atoms with Crippen LogP contribution in [0.25, 0.3) is 11.5 Å². The lowest BCUT2D eigenvalue weighted by Gasteiger charge is -2.22. The van der Waals surface area contributed by atoms with Gasteiger partial charge >= 0.3 is 5.97 Å². The van der Waals surface area contributed by atoms with Gasteiger partial charge in [-0.2, -0.15) is 0 Å². The summed E-state index contributed by atoms with van der Waals surface area (Å²) < 4.78 is 1.70. The molecule has 1 aliphatic rings. The zero-order valence-electron chi connectivity index (χ0n) is 9.65. The number of fused-ring (bicyclic) bond motifs is 1. The second kappa shape index (κ2) is 4.21. The normalized spacial score (nSPS) is 18.3. The number of aliphatic carboxylic acids is 1. The van der Waals surface area contributed by atoms with Gasteiger partial charge in [0, 0.05) is 12.6 Å². The van der Waals surface area contributed by atoms with Crippen LogP contribution < -0.4 is 0 Å². The lowest BCUT2D eigenvalue weighted by Crippen LogP contribution is -2.25. The molecule has 1 unspecified atom stereocenters. The average Bonchev–Trinajstić information content (AvgIpc) is 2.83. The number of pyridine rings is 1. The highest BCUT2D eigenvalue weighted by Gasteiger charge is 2.30. The monoisotopic (exact) mass is 244 g/mol. The Balaban J connectivity index is 2.13. The molecular weight excluding hydrogens is 232 g/mol. The number of carboxylic acid groups (broad SMARTS) is 1. The topological polar surface area (TPSA) is 80.9 Å². The summed E-state index contributed by atoms with van der Waals surface area (Å²) in [6, 6.07) is 4.89. The first-order valence-corrected chi connectivity index (χ1v) is 5.85. The van der Waals surface area contributed by atoms with Crippen molar-refractivity contribution >= 4 is 5.97 Å². The second-order valence-electron chi connectivity index (χ2n) is 4.27. The van der Waals surface area contributed by atoms with Gasteiger partial charge < -0.3 is 5.11 Å². The predicted octanol–water partition coefficient (Wildman–Crippen LogP) is 1.30. The summed E-state index contributed by atoms with van der Waals surface area (Å²) in [5.41, 5.74) is 0.657. The Kier molecular flexibility index (Phi) is 2.55. The molecule has 1 aliphatic heterocycles. The fourth-order valence-electron chi connectivity index (χ4n) is 2.31. The van der Waals surface area contributed by atoms with Crippen LogP contribution in [0.3, 0.4) is 0 Å². The molecule has 2 aromatic heterocycles. The Morgan fingerprint density at radius 3 is 3.00 bits per heavy atom. The largest absolute Gasteiger partial charge is 0.480 e. The van der Waals surface area contributed by atoms with E-state index < -0.39 is 12.0 Å². The Hall–Kier alpha value is -2.24. The molecule has 0 aliphatic carbocycles. The van der Waals surface area contributed by atoms with Crippen molar-refractivity contribution in [2.75, 3.05) is 0 Å². The maximum Gasteiger partial charge on any atom is 0.326 e. The summed E-state index contributed by atoms with van der Waals surface area (Å²) >= 11 is 0. The molecule has 0 amide bonds. The molecule has 0 bridgehead atoms. The lowest BCUT2D eigenvalue weighted by molar-refractivity contribution is -0.141. The molecule has 92 valence electrons. The van der Waals surface area contributed by atoms with E-state index in [1.165, 1.54) is 0 Å². The summed E-state index contributed by atoms with van der Waals surface area (Å²) in [4.78, 5) is 15.5. The Morgan fingerprint density at radius 2 is 2.28 bits per heavy atom. The lowest BCUT2D eigenvalue weighted by atomic mass is 10.0. The third-order valence-corrected chi connectivity index (χ3v) is 3.14. The minimum absolute atomic E-state index is 0.540. The van der Waals surface area contributed by atoms with Crippen LogP contribution in [0.1, 0.15) is 24.7 Å². The quantitative estimate of drug-likeness (QED) is 0.861. The van der Waals surface area contributed by atoms with Gasteiger partial charge in [0.05, 0.1) is 0 Å². The van der Waals surface area contributed by atoms with Crippen LogP contribution in [0.5, 0.6) is 0 Å². The van der Waals surface area contributed by atoms with E-state index in [9.17, 15) is 9.90 Å². The molecule has 1 atom stereocenters. The summed E-state index contributed by atoms with van der Waals surface area (Å²) in [6.07, 6.45) is 3.87. The molecular formula is C12H12N4O2. The van der Waals surface area contributed by atoms with Gasteiger partial charge in [-0.15, -0.1) is 10.2 Å². The number of rotatable bonds is 2. The van der Waals surface area contributed by atoms with E-state index in [1.54, 1.807) is 10.8 Å². The van der Waals surface area contributed by atoms with Crippen LogP contribution in [0.4, 0.5) is 0 Å². The van der Waals surface area contributed by atoms with Crippen LogP contribution in [0, 0.1) is 0 Å². The van der Waals surface area contributed by atoms with Gasteiger partial charge in [0.1, 0.15) is 17.6 Å². The predicted molar refractivity (Wildman–Crippen MR) is 62.9 cm³/mol. The number of aromatic nitrogens is 4. The van der Waals surface area contributed by atoms with E-state index in [-0.39, 0.29) is 0 Å². The summed E-state index contributed by atoms with van der Waals surface area (Å²) in [5.74, 6) is 0.430. The minimum atomic E-state index is -0.840. The van der Waals surface area contributed by atoms with Crippen molar-refractivity contribution in [3.63, 3.8) is 0 Å². The smallest absolute Gasteiger partial charge is 0.326 e. The molecule has 3 rings (SSSR count). The van der Waals surface area contributed by atoms with Crippen molar-refractivity contribution in [3.05, 3.63) is 30.2 Å². The van der Waals surface area contributed by atoms with E-state index >= 15 is 0 Å². The zero-order chi connectivity index (χ0) is 12.5. The fourth-order valence-corrected chi connectivity index (χ4v) is 2.31. The Bertz CT molecular complexity index is 579. The van der Waals surface area contributed by atoms with Crippen LogP contribution in [-0.2, 0) is 11.2 Å². The number of nitrogens with zero attached hydrogens (tertiary/aromatic N) is 4. The van der Waals surface area contributed by atoms with Gasteiger partial charge in [-0.05, 0) is 25.0 Å². The molecule has 18 heavy (non-hydrogen) atoms. The number of hydrogen-bond donors (Lipinski definition) is 1. The highest BCUT2D eigenvalue weighted by atomic mass is 16.4. The molecule has 6 nitrogen and oxygen atoms in total. The molecule has 0 spiro atoms. The molecule has 6 heteroatoms. The van der Waals surface area contributed by atoms with Crippen molar-refractivity contribution in [1.82, 2.24) is 19.7 Å². The summed E-state index contributed by atoms with van der Waals surface area (Å²) in [7, 11) is 0. The minimum Gasteiger partial charge on any atom is -0.480 e. The molecule has 0 fully saturated rings. The van der Waals surface area contributed by atoms with Crippen LogP contribution in [-0.4, -0.2) is 30.8 Å². The van der Waals surface area contributed by atoms with Gasteiger partial charge in [0.25, 0.3) is 0 Å². The van der Waals surface area contributed by atoms with Gasteiger partial charge in [-0.1, -0.05) is 6.07 Å². The van der Waals surface area contributed by atoms with Crippen LogP contribution >= 0.6 is 0 Å². The van der Waals surface area contributed by atoms with E-state index in [2.05, 4.69) is 15.2 Å².